The number of carbonyl (C=O) groups is 1. The fourth-order valence-electron chi connectivity index (χ4n) is 1.90. The van der Waals surface area contributed by atoms with E-state index in [1.165, 1.54) is 0 Å². The fourth-order valence-corrected chi connectivity index (χ4v) is 1.90. The third-order valence-electron chi connectivity index (χ3n) is 3.27. The highest BCUT2D eigenvalue weighted by Crippen LogP contribution is 2.35. The number of methoxy groups -OCH3 is 1. The molecular weight excluding hydrogens is 244 g/mol. The van der Waals surface area contributed by atoms with Crippen molar-refractivity contribution in [2.45, 2.75) is 33.6 Å². The Morgan fingerprint density at radius 2 is 2.11 bits per heavy atom. The Labute approximate surface area is 114 Å². The molecule has 1 rings (SSSR count). The summed E-state index contributed by atoms with van der Waals surface area (Å²) in [6.07, 6.45) is 1.92. The van der Waals surface area contributed by atoms with Crippen molar-refractivity contribution < 1.29 is 19.4 Å². The Hall–Kier alpha value is -1.71. The number of aryl methyl sites for hydroxylation is 1. The molecule has 4 nitrogen and oxygen atoms in total. The van der Waals surface area contributed by atoms with Crippen LogP contribution >= 0.6 is 0 Å². The second-order valence-corrected chi connectivity index (χ2v) is 4.79. The third kappa shape index (κ3) is 4.16. The monoisotopic (exact) mass is 266 g/mol. The highest BCUT2D eigenvalue weighted by Gasteiger charge is 2.16. The first-order valence-electron chi connectivity index (χ1n) is 6.50. The van der Waals surface area contributed by atoms with Gasteiger partial charge in [0, 0.05) is 5.56 Å². The predicted molar refractivity (Wildman–Crippen MR) is 74.0 cm³/mol. The summed E-state index contributed by atoms with van der Waals surface area (Å²) in [5.74, 6) is 0.673. The van der Waals surface area contributed by atoms with Gasteiger partial charge in [-0.25, -0.2) is 4.79 Å². The van der Waals surface area contributed by atoms with Gasteiger partial charge >= 0.3 is 5.97 Å². The minimum atomic E-state index is -0.988. The van der Waals surface area contributed by atoms with Crippen molar-refractivity contribution in [2.75, 3.05) is 13.7 Å². The summed E-state index contributed by atoms with van der Waals surface area (Å²) in [6, 6.07) is 3.79. The van der Waals surface area contributed by atoms with Crippen molar-refractivity contribution >= 4 is 5.97 Å². The molecule has 0 bridgehead atoms. The van der Waals surface area contributed by atoms with Crippen molar-refractivity contribution in [2.24, 2.45) is 5.92 Å². The third-order valence-corrected chi connectivity index (χ3v) is 3.27. The van der Waals surface area contributed by atoms with Crippen molar-refractivity contribution in [1.82, 2.24) is 0 Å². The summed E-state index contributed by atoms with van der Waals surface area (Å²) in [6.45, 7) is 5.95. The fraction of sp³-hybridized carbons (Fsp3) is 0.533. The molecule has 0 amide bonds. The molecule has 1 N–H and O–H groups in total. The van der Waals surface area contributed by atoms with E-state index >= 15 is 0 Å². The highest BCUT2D eigenvalue weighted by molar-refractivity contribution is 5.69. The molecule has 1 unspecified atom stereocenters. The van der Waals surface area contributed by atoms with Gasteiger partial charge in [-0.2, -0.15) is 0 Å². The molecule has 0 radical (unpaired) electrons. The molecule has 1 aromatic rings. The smallest absolute Gasteiger partial charge is 0.341 e. The van der Waals surface area contributed by atoms with Crippen LogP contribution < -0.4 is 9.47 Å². The first kappa shape index (κ1) is 15.3. The molecule has 0 aliphatic rings. The van der Waals surface area contributed by atoms with Gasteiger partial charge in [-0.3, -0.25) is 0 Å². The van der Waals surface area contributed by atoms with Crippen LogP contribution in [0.5, 0.6) is 11.5 Å². The molecule has 4 heteroatoms. The molecular formula is C15H22O4. The van der Waals surface area contributed by atoms with Crippen LogP contribution in [0, 0.1) is 12.8 Å². The molecule has 0 aliphatic carbocycles. The van der Waals surface area contributed by atoms with Gasteiger partial charge in [0.25, 0.3) is 0 Å². The minimum Gasteiger partial charge on any atom is -0.493 e. The Balaban J connectivity index is 3.12. The van der Waals surface area contributed by atoms with Crippen molar-refractivity contribution in [3.05, 3.63) is 23.3 Å². The molecule has 106 valence electrons. The van der Waals surface area contributed by atoms with Gasteiger partial charge in [-0.15, -0.1) is 0 Å². The largest absolute Gasteiger partial charge is 0.493 e. The molecule has 0 heterocycles. The maximum atomic E-state index is 10.7. The van der Waals surface area contributed by atoms with Crippen LogP contribution in [-0.4, -0.2) is 24.8 Å². The minimum absolute atomic E-state index is 0.354. The lowest BCUT2D eigenvalue weighted by Crippen LogP contribution is -2.13. The van der Waals surface area contributed by atoms with E-state index in [4.69, 9.17) is 14.6 Å². The lowest BCUT2D eigenvalue weighted by molar-refractivity contribution is -0.139. The number of hydrogen-bond acceptors (Lipinski definition) is 3. The van der Waals surface area contributed by atoms with Crippen molar-refractivity contribution in [3.63, 3.8) is 0 Å². The summed E-state index contributed by atoms with van der Waals surface area (Å²) >= 11 is 0. The van der Waals surface area contributed by atoms with E-state index in [1.807, 2.05) is 19.1 Å². The first-order valence-corrected chi connectivity index (χ1v) is 6.50. The normalized spacial score (nSPS) is 12.0. The SMILES string of the molecule is CCC(C)Cc1c(C)ccc(OC)c1OCC(=O)O. The van der Waals surface area contributed by atoms with Gasteiger partial charge in [0.2, 0.25) is 0 Å². The Bertz CT molecular complexity index is 440. The van der Waals surface area contributed by atoms with Gasteiger partial charge < -0.3 is 14.6 Å². The van der Waals surface area contributed by atoms with E-state index in [2.05, 4.69) is 13.8 Å². The molecule has 0 saturated carbocycles. The predicted octanol–water partition coefficient (Wildman–Crippen LogP) is 3.06. The maximum Gasteiger partial charge on any atom is 0.341 e. The number of aliphatic carboxylic acids is 1. The summed E-state index contributed by atoms with van der Waals surface area (Å²) in [5.41, 5.74) is 2.14. The molecule has 19 heavy (non-hydrogen) atoms. The van der Waals surface area contributed by atoms with Gasteiger partial charge in [0.15, 0.2) is 18.1 Å². The van der Waals surface area contributed by atoms with Crippen LogP contribution in [0.3, 0.4) is 0 Å². The van der Waals surface area contributed by atoms with E-state index in [0.29, 0.717) is 17.4 Å². The van der Waals surface area contributed by atoms with Crippen LogP contribution in [0.25, 0.3) is 0 Å². The van der Waals surface area contributed by atoms with Crippen LogP contribution in [0.4, 0.5) is 0 Å². The van der Waals surface area contributed by atoms with Crippen LogP contribution in [0.1, 0.15) is 31.4 Å². The van der Waals surface area contributed by atoms with Crippen molar-refractivity contribution in [3.8, 4) is 11.5 Å². The maximum absolute atomic E-state index is 10.7. The summed E-state index contributed by atoms with van der Waals surface area (Å²) in [5, 5.41) is 8.76. The molecule has 0 spiro atoms. The molecule has 1 aromatic carbocycles. The summed E-state index contributed by atoms with van der Waals surface area (Å²) in [4.78, 5) is 10.7. The van der Waals surface area contributed by atoms with E-state index in [9.17, 15) is 4.79 Å². The van der Waals surface area contributed by atoms with Crippen LogP contribution in [0.15, 0.2) is 12.1 Å². The summed E-state index contributed by atoms with van der Waals surface area (Å²) < 4.78 is 10.7. The lowest BCUT2D eigenvalue weighted by Gasteiger charge is -2.18. The average molecular weight is 266 g/mol. The number of rotatable bonds is 7. The summed E-state index contributed by atoms with van der Waals surface area (Å²) in [7, 11) is 1.56. The Morgan fingerprint density at radius 1 is 1.42 bits per heavy atom. The van der Waals surface area contributed by atoms with Gasteiger partial charge in [0.05, 0.1) is 7.11 Å². The number of ether oxygens (including phenoxy) is 2. The highest BCUT2D eigenvalue weighted by atomic mass is 16.5. The second kappa shape index (κ2) is 7.02. The lowest BCUT2D eigenvalue weighted by atomic mass is 9.94. The van der Waals surface area contributed by atoms with E-state index in [0.717, 1.165) is 24.0 Å². The van der Waals surface area contributed by atoms with Gasteiger partial charge in [-0.05, 0) is 30.9 Å². The molecule has 0 saturated heterocycles. The standard InChI is InChI=1S/C15H22O4/c1-5-10(2)8-12-11(3)6-7-13(18-4)15(12)19-9-14(16)17/h6-7,10H,5,8-9H2,1-4H3,(H,16,17). The van der Waals surface area contributed by atoms with Gasteiger partial charge in [-0.1, -0.05) is 26.3 Å². The zero-order valence-electron chi connectivity index (χ0n) is 12.0. The zero-order valence-corrected chi connectivity index (χ0v) is 12.0. The molecule has 0 fully saturated rings. The van der Waals surface area contributed by atoms with E-state index < -0.39 is 5.97 Å². The van der Waals surface area contributed by atoms with Crippen molar-refractivity contribution in [1.29, 1.82) is 0 Å². The quantitative estimate of drug-likeness (QED) is 0.824. The number of carboxylic acid groups (broad SMARTS) is 1. The molecule has 1 atom stereocenters. The molecule has 0 aliphatic heterocycles. The van der Waals surface area contributed by atoms with E-state index in [-0.39, 0.29) is 6.61 Å². The van der Waals surface area contributed by atoms with Gasteiger partial charge in [0.1, 0.15) is 0 Å². The number of benzene rings is 1. The first-order chi connectivity index (χ1) is 8.99. The topological polar surface area (TPSA) is 55.8 Å². The Morgan fingerprint density at radius 3 is 2.63 bits per heavy atom. The zero-order chi connectivity index (χ0) is 14.4. The molecule has 0 aromatic heterocycles. The van der Waals surface area contributed by atoms with E-state index in [1.54, 1.807) is 7.11 Å². The second-order valence-electron chi connectivity index (χ2n) is 4.79. The van der Waals surface area contributed by atoms with Crippen LogP contribution in [-0.2, 0) is 11.2 Å². The number of hydrogen-bond donors (Lipinski definition) is 1. The average Bonchev–Trinajstić information content (AvgIpc) is 2.38. The van der Waals surface area contributed by atoms with Crippen LogP contribution in [0.2, 0.25) is 0 Å². The number of carboxylic acids is 1. The Kier molecular flexibility index (Phi) is 5.67.